The van der Waals surface area contributed by atoms with Gasteiger partial charge in [-0.05, 0) is 60.6 Å². The van der Waals surface area contributed by atoms with Crippen LogP contribution in [0.15, 0.2) is 60.7 Å². The molecule has 2 aromatic carbocycles. The highest BCUT2D eigenvalue weighted by molar-refractivity contribution is 6.00. The third-order valence-corrected chi connectivity index (χ3v) is 8.38. The lowest BCUT2D eigenvalue weighted by Gasteiger charge is -2.44. The van der Waals surface area contributed by atoms with Crippen LogP contribution in [0.1, 0.15) is 70.8 Å². The number of carbonyl (C=O) groups is 1. The van der Waals surface area contributed by atoms with E-state index >= 15 is 0 Å². The van der Waals surface area contributed by atoms with Crippen LogP contribution in [-0.2, 0) is 10.2 Å². The van der Waals surface area contributed by atoms with Gasteiger partial charge in [-0.1, -0.05) is 87.7 Å². The molecule has 36 heavy (non-hydrogen) atoms. The maximum atomic E-state index is 13.0. The molecule has 1 aliphatic heterocycles. The fourth-order valence-corrected chi connectivity index (χ4v) is 6.55. The van der Waals surface area contributed by atoms with E-state index in [4.69, 9.17) is 9.72 Å². The van der Waals surface area contributed by atoms with Gasteiger partial charge in [-0.25, -0.2) is 4.98 Å². The van der Waals surface area contributed by atoms with Gasteiger partial charge in [0.2, 0.25) is 5.88 Å². The number of ether oxygens (including phenoxy) is 1. The first-order valence-electron chi connectivity index (χ1n) is 13.5. The minimum absolute atomic E-state index is 0.0427. The van der Waals surface area contributed by atoms with Gasteiger partial charge in [-0.15, -0.1) is 0 Å². The van der Waals surface area contributed by atoms with E-state index in [1.165, 1.54) is 43.6 Å². The van der Waals surface area contributed by atoms with Crippen LogP contribution in [-0.4, -0.2) is 23.5 Å². The Morgan fingerprint density at radius 1 is 0.972 bits per heavy atom. The Morgan fingerprint density at radius 3 is 2.33 bits per heavy atom. The Hall–Kier alpha value is -3.14. The van der Waals surface area contributed by atoms with Crippen LogP contribution < -0.4 is 9.64 Å². The summed E-state index contributed by atoms with van der Waals surface area (Å²) in [5.74, 6) is 2.12. The van der Waals surface area contributed by atoms with E-state index in [9.17, 15) is 4.79 Å². The summed E-state index contributed by atoms with van der Waals surface area (Å²) < 4.78 is 5.92. The molecule has 4 nitrogen and oxygen atoms in total. The molecule has 2 saturated carbocycles. The maximum Gasteiger partial charge on any atom is 0.265 e. The van der Waals surface area contributed by atoms with Crippen LogP contribution in [0.25, 0.3) is 22.4 Å². The number of hydrogen-bond acceptors (Lipinski definition) is 3. The average molecular weight is 480 g/mol. The summed E-state index contributed by atoms with van der Waals surface area (Å²) in [5, 5.41) is 0. The molecule has 3 aliphatic rings. The molecule has 2 fully saturated rings. The first-order chi connectivity index (χ1) is 17.5. The van der Waals surface area contributed by atoms with Crippen LogP contribution >= 0.6 is 0 Å². The lowest BCUT2D eigenvalue weighted by atomic mass is 9.61. The molecule has 0 spiro atoms. The Bertz CT molecular complexity index is 1240. The molecule has 0 N–H and O–H groups in total. The van der Waals surface area contributed by atoms with E-state index in [1.807, 2.05) is 11.0 Å². The van der Waals surface area contributed by atoms with Crippen LogP contribution in [0.3, 0.4) is 0 Å². The van der Waals surface area contributed by atoms with Crippen LogP contribution in [0.2, 0.25) is 0 Å². The van der Waals surface area contributed by atoms with Crippen molar-refractivity contribution in [2.75, 3.05) is 11.5 Å². The Morgan fingerprint density at radius 2 is 1.69 bits per heavy atom. The van der Waals surface area contributed by atoms with E-state index in [1.54, 1.807) is 0 Å². The monoisotopic (exact) mass is 479 g/mol. The standard InChI is InChI=1S/C32H35N2O2/c1-22(2)20-32(17-8-18-32)25-15-13-24(14-16-25)30-27(23-9-4-3-5-10-23)19-28-31(33-30)36-21-29(35)34(28)26-11-6-7-12-26/h3-5,9-10,13-16,19,26H,6-8,11-12,17-18,20-21H2,1-2H3. The summed E-state index contributed by atoms with van der Waals surface area (Å²) in [6, 6.07) is 21.8. The molecule has 0 unspecified atom stereocenters. The zero-order valence-corrected chi connectivity index (χ0v) is 21.4. The highest BCUT2D eigenvalue weighted by Crippen LogP contribution is 2.49. The lowest BCUT2D eigenvalue weighted by Crippen LogP contribution is -2.45. The van der Waals surface area contributed by atoms with Crippen molar-refractivity contribution in [3.05, 3.63) is 72.1 Å². The average Bonchev–Trinajstić information content (AvgIpc) is 3.40. The highest BCUT2D eigenvalue weighted by Gasteiger charge is 2.39. The minimum atomic E-state index is 0.0427. The Balaban J connectivity index is 1.44. The van der Waals surface area contributed by atoms with Crippen molar-refractivity contribution in [3.63, 3.8) is 0 Å². The zero-order valence-electron chi connectivity index (χ0n) is 21.4. The number of fused-ring (bicyclic) bond motifs is 1. The van der Waals surface area contributed by atoms with Crippen molar-refractivity contribution in [2.45, 2.75) is 76.7 Å². The first-order valence-corrected chi connectivity index (χ1v) is 13.5. The molecule has 1 radical (unpaired) electrons. The largest absolute Gasteiger partial charge is 0.466 e. The molecule has 2 heterocycles. The number of rotatable bonds is 6. The molecule has 1 amide bonds. The van der Waals surface area contributed by atoms with Gasteiger partial charge < -0.3 is 9.64 Å². The molecule has 1 aromatic heterocycles. The first kappa shape index (κ1) is 23.3. The van der Waals surface area contributed by atoms with Crippen LogP contribution in [0, 0.1) is 5.92 Å². The fraction of sp³-hybridized carbons (Fsp3) is 0.406. The predicted octanol–water partition coefficient (Wildman–Crippen LogP) is 7.51. The number of anilines is 1. The van der Waals surface area contributed by atoms with Gasteiger partial charge in [0.15, 0.2) is 6.61 Å². The van der Waals surface area contributed by atoms with Crippen LogP contribution in [0.5, 0.6) is 5.88 Å². The highest BCUT2D eigenvalue weighted by atomic mass is 16.5. The van der Waals surface area contributed by atoms with Crippen LogP contribution in [0.4, 0.5) is 5.69 Å². The smallest absolute Gasteiger partial charge is 0.265 e. The van der Waals surface area contributed by atoms with Gasteiger partial charge in [-0.2, -0.15) is 0 Å². The van der Waals surface area contributed by atoms with Crippen molar-refractivity contribution in [2.24, 2.45) is 0 Å². The van der Waals surface area contributed by atoms with Crippen molar-refractivity contribution in [3.8, 4) is 28.3 Å². The van der Waals surface area contributed by atoms with Crippen molar-refractivity contribution < 1.29 is 9.53 Å². The van der Waals surface area contributed by atoms with E-state index in [2.05, 4.69) is 68.4 Å². The van der Waals surface area contributed by atoms with Gasteiger partial charge in [-0.3, -0.25) is 4.79 Å². The minimum Gasteiger partial charge on any atom is -0.466 e. The summed E-state index contributed by atoms with van der Waals surface area (Å²) in [6.07, 6.45) is 9.45. The second-order valence-corrected chi connectivity index (χ2v) is 11.2. The number of benzene rings is 2. The zero-order chi connectivity index (χ0) is 24.7. The maximum absolute atomic E-state index is 13.0. The van der Waals surface area contributed by atoms with E-state index in [0.717, 1.165) is 47.3 Å². The number of nitrogens with zero attached hydrogens (tertiary/aromatic N) is 2. The molecule has 2 aliphatic carbocycles. The van der Waals surface area contributed by atoms with E-state index in [-0.39, 0.29) is 18.6 Å². The molecular weight excluding hydrogens is 444 g/mol. The fourth-order valence-electron chi connectivity index (χ4n) is 6.55. The number of hydrogen-bond donors (Lipinski definition) is 0. The SMILES string of the molecule is C[C](C)CC1(c2ccc(-c3nc4c(cc3-c3ccccc3)N(C3CCCC3)C(=O)CO4)cc2)CCC1. The topological polar surface area (TPSA) is 42.4 Å². The molecule has 6 rings (SSSR count). The summed E-state index contributed by atoms with van der Waals surface area (Å²) in [7, 11) is 0. The number of carbonyl (C=O) groups excluding carboxylic acids is 1. The van der Waals surface area contributed by atoms with Gasteiger partial charge in [0, 0.05) is 17.2 Å². The molecule has 3 aromatic rings. The Labute approximate surface area is 214 Å². The van der Waals surface area contributed by atoms with E-state index in [0.29, 0.717) is 11.3 Å². The second kappa shape index (κ2) is 9.38. The van der Waals surface area contributed by atoms with Gasteiger partial charge in [0.25, 0.3) is 5.91 Å². The number of amides is 1. The van der Waals surface area contributed by atoms with E-state index < -0.39 is 0 Å². The van der Waals surface area contributed by atoms with Crippen molar-refractivity contribution >= 4 is 11.6 Å². The van der Waals surface area contributed by atoms with Crippen molar-refractivity contribution in [1.82, 2.24) is 4.98 Å². The second-order valence-electron chi connectivity index (χ2n) is 11.2. The molecule has 4 heteroatoms. The van der Waals surface area contributed by atoms with Gasteiger partial charge in [0.1, 0.15) is 5.69 Å². The quantitative estimate of drug-likeness (QED) is 0.367. The summed E-state index contributed by atoms with van der Waals surface area (Å²) in [6.45, 7) is 4.56. The molecule has 185 valence electrons. The summed E-state index contributed by atoms with van der Waals surface area (Å²) >= 11 is 0. The number of aromatic nitrogens is 1. The number of pyridine rings is 1. The lowest BCUT2D eigenvalue weighted by molar-refractivity contribution is -0.121. The third kappa shape index (κ3) is 4.11. The van der Waals surface area contributed by atoms with Gasteiger partial charge >= 0.3 is 0 Å². The normalized spacial score (nSPS) is 19.2. The predicted molar refractivity (Wildman–Crippen MR) is 145 cm³/mol. The van der Waals surface area contributed by atoms with Gasteiger partial charge in [0.05, 0.1) is 5.69 Å². The third-order valence-electron chi connectivity index (χ3n) is 8.38. The summed E-state index contributed by atoms with van der Waals surface area (Å²) in [5.41, 5.74) is 6.69. The summed E-state index contributed by atoms with van der Waals surface area (Å²) in [4.78, 5) is 20.0. The van der Waals surface area contributed by atoms with Crippen molar-refractivity contribution in [1.29, 1.82) is 0 Å². The molecule has 0 bridgehead atoms. The molecule has 0 saturated heterocycles. The Kier molecular flexibility index (Phi) is 6.07. The molecule has 0 atom stereocenters. The molecular formula is C32H35N2O2.